The first kappa shape index (κ1) is 28.9. The Morgan fingerprint density at radius 2 is 1.44 bits per heavy atom. The minimum Gasteiger partial charge on any atom is -0.459 e. The van der Waals surface area contributed by atoms with Gasteiger partial charge in [-0.2, -0.15) is 13.2 Å². The van der Waals surface area contributed by atoms with Crippen LogP contribution in [-0.2, 0) is 23.8 Å². The van der Waals surface area contributed by atoms with E-state index in [1.807, 2.05) is 0 Å². The summed E-state index contributed by atoms with van der Waals surface area (Å²) in [5.41, 5.74) is -0.266. The third-order valence-corrected chi connectivity index (χ3v) is 5.54. The van der Waals surface area contributed by atoms with Crippen LogP contribution in [0.15, 0.2) is 77.1 Å². The van der Waals surface area contributed by atoms with E-state index < -0.39 is 41.5 Å². The summed E-state index contributed by atoms with van der Waals surface area (Å²) >= 11 is 0. The van der Waals surface area contributed by atoms with Gasteiger partial charge in [0.2, 0.25) is 0 Å². The maximum absolute atomic E-state index is 13.2. The molecule has 0 radical (unpaired) electrons. The SMILES string of the molecule is CC1=C(C(=O)OCCOC(=O)c2ccccc2)C(c2cccc([N+](=O)[O-])c2)C(C(=O)OCC(F)(F)F)=C(C)N1. The average Bonchev–Trinajstić information content (AvgIpc) is 2.89. The fourth-order valence-corrected chi connectivity index (χ4v) is 3.92. The maximum Gasteiger partial charge on any atom is 0.422 e. The zero-order valence-corrected chi connectivity index (χ0v) is 20.7. The number of ether oxygens (including phenoxy) is 3. The summed E-state index contributed by atoms with van der Waals surface area (Å²) in [4.78, 5) is 48.7. The molecule has 2 aromatic rings. The highest BCUT2D eigenvalue weighted by atomic mass is 19.4. The molecular weight excluding hydrogens is 525 g/mol. The van der Waals surface area contributed by atoms with Gasteiger partial charge in [-0.25, -0.2) is 14.4 Å². The molecule has 206 valence electrons. The van der Waals surface area contributed by atoms with Crippen LogP contribution in [0.1, 0.15) is 35.7 Å². The number of rotatable bonds is 9. The fraction of sp³-hybridized carbons (Fsp3) is 0.269. The Kier molecular flexibility index (Phi) is 9.07. The molecule has 0 aromatic heterocycles. The number of nitro benzene ring substituents is 1. The van der Waals surface area contributed by atoms with Crippen molar-refractivity contribution in [3.63, 3.8) is 0 Å². The number of carbonyl (C=O) groups excluding carboxylic acids is 3. The summed E-state index contributed by atoms with van der Waals surface area (Å²) in [5.74, 6) is -4.36. The molecule has 1 unspecified atom stereocenters. The Labute approximate surface area is 220 Å². The third kappa shape index (κ3) is 7.43. The highest BCUT2D eigenvalue weighted by Gasteiger charge is 2.40. The second kappa shape index (κ2) is 12.2. The minimum absolute atomic E-state index is 0.0748. The molecule has 1 atom stereocenters. The first-order chi connectivity index (χ1) is 18.4. The molecule has 2 aromatic carbocycles. The normalized spacial score (nSPS) is 15.4. The van der Waals surface area contributed by atoms with Crippen molar-refractivity contribution in [2.75, 3.05) is 19.8 Å². The van der Waals surface area contributed by atoms with Crippen LogP contribution in [0, 0.1) is 10.1 Å². The van der Waals surface area contributed by atoms with Crippen LogP contribution in [0.5, 0.6) is 0 Å². The van der Waals surface area contributed by atoms with Crippen molar-refractivity contribution in [2.45, 2.75) is 25.9 Å². The van der Waals surface area contributed by atoms with E-state index in [-0.39, 0.29) is 52.6 Å². The summed E-state index contributed by atoms with van der Waals surface area (Å²) in [6.07, 6.45) is -4.81. The Hall–Kier alpha value is -4.68. The number of nitrogens with zero attached hydrogens (tertiary/aromatic N) is 1. The Bertz CT molecular complexity index is 1340. The van der Waals surface area contributed by atoms with Crippen molar-refractivity contribution < 1.29 is 46.7 Å². The van der Waals surface area contributed by atoms with E-state index >= 15 is 0 Å². The van der Waals surface area contributed by atoms with Crippen molar-refractivity contribution in [1.82, 2.24) is 5.32 Å². The molecular formula is C26H23F3N2O8. The summed E-state index contributed by atoms with van der Waals surface area (Å²) in [6, 6.07) is 13.0. The number of dihydropyridines is 1. The minimum atomic E-state index is -4.81. The summed E-state index contributed by atoms with van der Waals surface area (Å²) in [5, 5.41) is 14.1. The van der Waals surface area contributed by atoms with Gasteiger partial charge in [-0.1, -0.05) is 30.3 Å². The number of benzene rings is 2. The van der Waals surface area contributed by atoms with Gasteiger partial charge < -0.3 is 19.5 Å². The van der Waals surface area contributed by atoms with Crippen molar-refractivity contribution in [3.05, 3.63) is 98.4 Å². The predicted octanol–water partition coefficient (Wildman–Crippen LogP) is 4.34. The summed E-state index contributed by atoms with van der Waals surface area (Å²) < 4.78 is 53.0. The van der Waals surface area contributed by atoms with Gasteiger partial charge in [-0.15, -0.1) is 0 Å². The molecule has 0 saturated carbocycles. The zero-order valence-electron chi connectivity index (χ0n) is 20.7. The number of hydrogen-bond donors (Lipinski definition) is 1. The molecule has 0 saturated heterocycles. The lowest BCUT2D eigenvalue weighted by Gasteiger charge is -2.30. The van der Waals surface area contributed by atoms with E-state index in [4.69, 9.17) is 9.47 Å². The average molecular weight is 548 g/mol. The summed E-state index contributed by atoms with van der Waals surface area (Å²) in [6.45, 7) is 0.294. The third-order valence-electron chi connectivity index (χ3n) is 5.54. The molecule has 0 aliphatic carbocycles. The number of esters is 3. The number of nitro groups is 1. The van der Waals surface area contributed by atoms with Crippen LogP contribution in [-0.4, -0.2) is 48.8 Å². The molecule has 1 heterocycles. The van der Waals surface area contributed by atoms with Crippen molar-refractivity contribution in [2.24, 2.45) is 0 Å². The lowest BCUT2D eigenvalue weighted by molar-refractivity contribution is -0.384. The number of halogens is 3. The highest BCUT2D eigenvalue weighted by Crippen LogP contribution is 2.40. The van der Waals surface area contributed by atoms with Gasteiger partial charge in [0.15, 0.2) is 6.61 Å². The van der Waals surface area contributed by atoms with Gasteiger partial charge >= 0.3 is 24.1 Å². The molecule has 1 N–H and O–H groups in total. The van der Waals surface area contributed by atoms with E-state index in [1.165, 1.54) is 44.2 Å². The van der Waals surface area contributed by atoms with Gasteiger partial charge in [0, 0.05) is 23.5 Å². The van der Waals surface area contributed by atoms with E-state index in [9.17, 15) is 37.7 Å². The monoisotopic (exact) mass is 548 g/mol. The molecule has 0 fully saturated rings. The number of non-ortho nitro benzene ring substituents is 1. The number of hydrogen-bond acceptors (Lipinski definition) is 9. The highest BCUT2D eigenvalue weighted by molar-refractivity contribution is 6.00. The van der Waals surface area contributed by atoms with Gasteiger partial charge in [0.1, 0.15) is 13.2 Å². The molecule has 1 aliphatic heterocycles. The van der Waals surface area contributed by atoms with Crippen LogP contribution >= 0.6 is 0 Å². The smallest absolute Gasteiger partial charge is 0.422 e. The number of nitrogens with one attached hydrogen (secondary N) is 1. The second-order valence-electron chi connectivity index (χ2n) is 8.32. The topological polar surface area (TPSA) is 134 Å². The molecule has 10 nitrogen and oxygen atoms in total. The maximum atomic E-state index is 13.2. The fourth-order valence-electron chi connectivity index (χ4n) is 3.92. The van der Waals surface area contributed by atoms with Crippen molar-refractivity contribution >= 4 is 23.6 Å². The zero-order chi connectivity index (χ0) is 28.7. The van der Waals surface area contributed by atoms with Crippen LogP contribution in [0.2, 0.25) is 0 Å². The predicted molar refractivity (Wildman–Crippen MR) is 129 cm³/mol. The van der Waals surface area contributed by atoms with E-state index in [1.54, 1.807) is 18.2 Å². The van der Waals surface area contributed by atoms with Crippen molar-refractivity contribution in [1.29, 1.82) is 0 Å². The Morgan fingerprint density at radius 3 is 2.00 bits per heavy atom. The number of alkyl halides is 3. The molecule has 13 heteroatoms. The van der Waals surface area contributed by atoms with Crippen LogP contribution in [0.3, 0.4) is 0 Å². The van der Waals surface area contributed by atoms with Gasteiger partial charge in [0.25, 0.3) is 5.69 Å². The Balaban J connectivity index is 1.87. The number of carbonyl (C=O) groups is 3. The van der Waals surface area contributed by atoms with E-state index in [0.29, 0.717) is 0 Å². The first-order valence-electron chi connectivity index (χ1n) is 11.4. The molecule has 3 rings (SSSR count). The van der Waals surface area contributed by atoms with Crippen LogP contribution in [0.4, 0.5) is 18.9 Å². The largest absolute Gasteiger partial charge is 0.459 e. The van der Waals surface area contributed by atoms with Crippen molar-refractivity contribution in [3.8, 4) is 0 Å². The number of allylic oxidation sites excluding steroid dienone is 2. The Morgan fingerprint density at radius 1 is 0.872 bits per heavy atom. The molecule has 1 aliphatic rings. The quantitative estimate of drug-likeness (QED) is 0.160. The van der Waals surface area contributed by atoms with Gasteiger partial charge in [0.05, 0.1) is 27.6 Å². The molecule has 0 spiro atoms. The second-order valence-corrected chi connectivity index (χ2v) is 8.32. The molecule has 39 heavy (non-hydrogen) atoms. The van der Waals surface area contributed by atoms with Crippen LogP contribution in [0.25, 0.3) is 0 Å². The first-order valence-corrected chi connectivity index (χ1v) is 11.4. The summed E-state index contributed by atoms with van der Waals surface area (Å²) in [7, 11) is 0. The van der Waals surface area contributed by atoms with E-state index in [0.717, 1.165) is 6.07 Å². The van der Waals surface area contributed by atoms with Gasteiger partial charge in [-0.05, 0) is 31.5 Å². The lowest BCUT2D eigenvalue weighted by atomic mass is 9.80. The van der Waals surface area contributed by atoms with Gasteiger partial charge in [-0.3, -0.25) is 10.1 Å². The van der Waals surface area contributed by atoms with Crippen LogP contribution < -0.4 is 5.32 Å². The standard InChI is InChI=1S/C26H23F3N2O8/c1-15-20(24(33)38-12-11-37-23(32)17-7-4-3-5-8-17)22(18-9-6-10-19(13-18)31(35)36)21(16(2)30-15)25(34)39-14-26(27,28)29/h3-10,13,22,30H,11-12,14H2,1-2H3. The molecule has 0 bridgehead atoms. The van der Waals surface area contributed by atoms with E-state index in [2.05, 4.69) is 10.1 Å². The molecule has 0 amide bonds. The lowest BCUT2D eigenvalue weighted by Crippen LogP contribution is -2.34.